The van der Waals surface area contributed by atoms with Gasteiger partial charge >= 0.3 is 0 Å². The van der Waals surface area contributed by atoms with Crippen LogP contribution in [-0.2, 0) is 9.53 Å². The third-order valence-electron chi connectivity index (χ3n) is 4.41. The Hall–Kier alpha value is -1.34. The first-order valence-electron chi connectivity index (χ1n) is 9.09. The minimum absolute atomic E-state index is 0.00631. The lowest BCUT2D eigenvalue weighted by Gasteiger charge is -2.27. The predicted molar refractivity (Wildman–Crippen MR) is 98.3 cm³/mol. The minimum Gasteiger partial charge on any atom is -0.379 e. The third kappa shape index (κ3) is 8.49. The van der Waals surface area contributed by atoms with E-state index in [0.29, 0.717) is 5.92 Å². The number of morpholine rings is 1. The number of nitrogens with one attached hydrogen (secondary N) is 2. The van der Waals surface area contributed by atoms with Gasteiger partial charge in [0.05, 0.1) is 13.2 Å². The van der Waals surface area contributed by atoms with Gasteiger partial charge in [0.15, 0.2) is 5.96 Å². The number of rotatable bonds is 9. The van der Waals surface area contributed by atoms with E-state index in [9.17, 15) is 4.79 Å². The maximum atomic E-state index is 11.8. The highest BCUT2D eigenvalue weighted by Crippen LogP contribution is 2.04. The molecule has 1 aliphatic rings. The molecular formula is C17H35N5O2. The highest BCUT2D eigenvalue weighted by molar-refractivity contribution is 5.84. The Bertz CT molecular complexity index is 377. The molecule has 0 aromatic heterocycles. The standard InChI is InChI=1S/C17H35N5O2/c1-5-15(6-2)13-19-17(20-14-16(23)21(3)4)18-7-8-22-9-11-24-12-10-22/h15H,5-14H2,1-4H3,(H2,18,19,20). The average molecular weight is 342 g/mol. The van der Waals surface area contributed by atoms with Gasteiger partial charge in [-0.2, -0.15) is 0 Å². The zero-order chi connectivity index (χ0) is 17.8. The van der Waals surface area contributed by atoms with E-state index in [1.807, 2.05) is 0 Å². The summed E-state index contributed by atoms with van der Waals surface area (Å²) in [6.07, 6.45) is 2.28. The Balaban J connectivity index is 2.45. The van der Waals surface area contributed by atoms with Gasteiger partial charge in [0, 0.05) is 46.8 Å². The van der Waals surface area contributed by atoms with Crippen molar-refractivity contribution in [3.8, 4) is 0 Å². The molecule has 24 heavy (non-hydrogen) atoms. The van der Waals surface area contributed by atoms with E-state index in [0.717, 1.165) is 64.7 Å². The lowest BCUT2D eigenvalue weighted by atomic mass is 10.0. The summed E-state index contributed by atoms with van der Waals surface area (Å²) >= 11 is 0. The predicted octanol–water partition coefficient (Wildman–Crippen LogP) is 0.378. The number of hydrogen-bond donors (Lipinski definition) is 2. The van der Waals surface area contributed by atoms with Gasteiger partial charge in [-0.15, -0.1) is 0 Å². The zero-order valence-corrected chi connectivity index (χ0v) is 15.8. The zero-order valence-electron chi connectivity index (χ0n) is 15.8. The molecule has 1 rings (SSSR count). The number of guanidine groups is 1. The second-order valence-corrected chi connectivity index (χ2v) is 6.40. The first kappa shape index (κ1) is 20.7. The fourth-order valence-electron chi connectivity index (χ4n) is 2.44. The molecule has 1 fully saturated rings. The molecule has 0 aromatic rings. The van der Waals surface area contributed by atoms with E-state index in [1.165, 1.54) is 0 Å². The van der Waals surface area contributed by atoms with Crippen molar-refractivity contribution in [2.24, 2.45) is 10.9 Å². The van der Waals surface area contributed by atoms with Gasteiger partial charge in [0.25, 0.3) is 0 Å². The maximum Gasteiger partial charge on any atom is 0.243 e. The Morgan fingerprint density at radius 2 is 1.88 bits per heavy atom. The first-order chi connectivity index (χ1) is 11.6. The molecular weight excluding hydrogens is 306 g/mol. The van der Waals surface area contributed by atoms with Gasteiger partial charge in [0.2, 0.25) is 5.91 Å². The molecule has 140 valence electrons. The van der Waals surface area contributed by atoms with Crippen LogP contribution in [0.2, 0.25) is 0 Å². The van der Waals surface area contributed by atoms with Crippen LogP contribution in [0.5, 0.6) is 0 Å². The molecule has 0 aromatic carbocycles. The minimum atomic E-state index is 0.00631. The number of hydrogen-bond acceptors (Lipinski definition) is 4. The average Bonchev–Trinajstić information content (AvgIpc) is 2.60. The van der Waals surface area contributed by atoms with Gasteiger partial charge in [-0.25, -0.2) is 4.99 Å². The fourth-order valence-corrected chi connectivity index (χ4v) is 2.44. The van der Waals surface area contributed by atoms with Crippen molar-refractivity contribution in [3.05, 3.63) is 0 Å². The lowest BCUT2D eigenvalue weighted by molar-refractivity contribution is -0.127. The molecule has 0 saturated carbocycles. The number of nitrogens with zero attached hydrogens (tertiary/aromatic N) is 3. The van der Waals surface area contributed by atoms with E-state index in [4.69, 9.17) is 4.74 Å². The highest BCUT2D eigenvalue weighted by Gasteiger charge is 2.11. The number of carbonyl (C=O) groups excluding carboxylic acids is 1. The number of ether oxygens (including phenoxy) is 1. The third-order valence-corrected chi connectivity index (χ3v) is 4.41. The molecule has 0 spiro atoms. The van der Waals surface area contributed by atoms with Crippen molar-refractivity contribution < 1.29 is 9.53 Å². The van der Waals surface area contributed by atoms with Crippen LogP contribution in [-0.4, -0.2) is 88.2 Å². The van der Waals surface area contributed by atoms with E-state index in [2.05, 4.69) is 34.4 Å². The van der Waals surface area contributed by atoms with Crippen molar-refractivity contribution in [2.45, 2.75) is 26.7 Å². The SMILES string of the molecule is CCC(CC)CNC(=NCC(=O)N(C)C)NCCN1CCOCC1. The molecule has 0 unspecified atom stereocenters. The first-order valence-corrected chi connectivity index (χ1v) is 9.09. The fraction of sp³-hybridized carbons (Fsp3) is 0.882. The molecule has 7 nitrogen and oxygen atoms in total. The molecule has 7 heteroatoms. The second kappa shape index (κ2) is 12.1. The summed E-state index contributed by atoms with van der Waals surface area (Å²) < 4.78 is 5.36. The van der Waals surface area contributed by atoms with E-state index in [1.54, 1.807) is 19.0 Å². The molecule has 2 N–H and O–H groups in total. The van der Waals surface area contributed by atoms with Crippen LogP contribution in [0.4, 0.5) is 0 Å². The van der Waals surface area contributed by atoms with Crippen LogP contribution in [0.25, 0.3) is 0 Å². The van der Waals surface area contributed by atoms with E-state index >= 15 is 0 Å². The van der Waals surface area contributed by atoms with Gasteiger partial charge < -0.3 is 20.3 Å². The van der Waals surface area contributed by atoms with Crippen LogP contribution in [0, 0.1) is 5.92 Å². The number of amides is 1. The van der Waals surface area contributed by atoms with Crippen molar-refractivity contribution >= 4 is 11.9 Å². The van der Waals surface area contributed by atoms with Gasteiger partial charge in [0.1, 0.15) is 6.54 Å². The van der Waals surface area contributed by atoms with Crippen LogP contribution >= 0.6 is 0 Å². The Labute approximate surface area is 146 Å². The Morgan fingerprint density at radius 3 is 2.46 bits per heavy atom. The molecule has 0 bridgehead atoms. The van der Waals surface area contributed by atoms with Crippen LogP contribution < -0.4 is 10.6 Å². The smallest absolute Gasteiger partial charge is 0.243 e. The van der Waals surface area contributed by atoms with E-state index < -0.39 is 0 Å². The highest BCUT2D eigenvalue weighted by atomic mass is 16.5. The van der Waals surface area contributed by atoms with Gasteiger partial charge in [-0.05, 0) is 5.92 Å². The summed E-state index contributed by atoms with van der Waals surface area (Å²) in [6.45, 7) is 10.8. The molecule has 0 atom stereocenters. The summed E-state index contributed by atoms with van der Waals surface area (Å²) in [5.74, 6) is 1.36. The molecule has 1 amide bonds. The van der Waals surface area contributed by atoms with Crippen molar-refractivity contribution in [2.75, 3.05) is 66.6 Å². The summed E-state index contributed by atoms with van der Waals surface area (Å²) in [6, 6.07) is 0. The Kier molecular flexibility index (Phi) is 10.4. The number of likely N-dealkylation sites (N-methyl/N-ethyl adjacent to an activating group) is 1. The monoisotopic (exact) mass is 341 g/mol. The summed E-state index contributed by atoms with van der Waals surface area (Å²) in [7, 11) is 3.50. The summed E-state index contributed by atoms with van der Waals surface area (Å²) in [5.41, 5.74) is 0. The van der Waals surface area contributed by atoms with Gasteiger partial charge in [-0.3, -0.25) is 9.69 Å². The van der Waals surface area contributed by atoms with Gasteiger partial charge in [-0.1, -0.05) is 26.7 Å². The largest absolute Gasteiger partial charge is 0.379 e. The molecule has 1 aliphatic heterocycles. The number of aliphatic imine (C=N–C) groups is 1. The van der Waals surface area contributed by atoms with Crippen LogP contribution in [0.1, 0.15) is 26.7 Å². The second-order valence-electron chi connectivity index (χ2n) is 6.40. The van der Waals surface area contributed by atoms with Crippen molar-refractivity contribution in [1.82, 2.24) is 20.4 Å². The van der Waals surface area contributed by atoms with Crippen molar-refractivity contribution in [3.63, 3.8) is 0 Å². The van der Waals surface area contributed by atoms with Crippen molar-refractivity contribution in [1.29, 1.82) is 0 Å². The topological polar surface area (TPSA) is 69.2 Å². The quantitative estimate of drug-likeness (QED) is 0.469. The molecule has 0 radical (unpaired) electrons. The van der Waals surface area contributed by atoms with Crippen LogP contribution in [0.3, 0.4) is 0 Å². The summed E-state index contributed by atoms with van der Waals surface area (Å²) in [5, 5.41) is 6.73. The normalized spacial score (nSPS) is 16.3. The number of carbonyl (C=O) groups is 1. The molecule has 0 aliphatic carbocycles. The lowest BCUT2D eigenvalue weighted by Crippen LogP contribution is -2.45. The van der Waals surface area contributed by atoms with Crippen LogP contribution in [0.15, 0.2) is 4.99 Å². The molecule has 1 heterocycles. The van der Waals surface area contributed by atoms with E-state index in [-0.39, 0.29) is 12.5 Å². The Morgan fingerprint density at radius 1 is 1.21 bits per heavy atom. The maximum absolute atomic E-state index is 11.8. The summed E-state index contributed by atoms with van der Waals surface area (Å²) in [4.78, 5) is 20.1. The molecule has 1 saturated heterocycles.